The fourth-order valence-electron chi connectivity index (χ4n) is 10.3. The van der Waals surface area contributed by atoms with Crippen molar-refractivity contribution in [1.82, 2.24) is 5.32 Å². The molecule has 6 nitrogen and oxygen atoms in total. The first-order valence-electron chi connectivity index (χ1n) is 33.3. The van der Waals surface area contributed by atoms with Crippen LogP contribution in [0.5, 0.6) is 0 Å². The fraction of sp³-hybridized carbons (Fsp3) is 0.882. The number of hydrogen-bond donors (Lipinski definition) is 3. The van der Waals surface area contributed by atoms with Crippen LogP contribution in [0.25, 0.3) is 0 Å². The molecule has 74 heavy (non-hydrogen) atoms. The number of amides is 1. The first kappa shape index (κ1) is 72.1. The van der Waals surface area contributed by atoms with Crippen molar-refractivity contribution in [2.45, 2.75) is 373 Å². The summed E-state index contributed by atoms with van der Waals surface area (Å²) in [6, 6.07) is -0.624. The molecule has 0 heterocycles. The van der Waals surface area contributed by atoms with Gasteiger partial charge in [0.15, 0.2) is 0 Å². The summed E-state index contributed by atoms with van der Waals surface area (Å²) in [4.78, 5) is 24.5. The maximum atomic E-state index is 12.4. The molecule has 0 saturated heterocycles. The molecule has 0 unspecified atom stereocenters. The molecule has 0 saturated carbocycles. The third-order valence-electron chi connectivity index (χ3n) is 15.4. The molecule has 0 aliphatic heterocycles. The van der Waals surface area contributed by atoms with Crippen molar-refractivity contribution in [2.75, 3.05) is 13.2 Å². The summed E-state index contributed by atoms with van der Waals surface area (Å²) in [7, 11) is 0. The Bertz CT molecular complexity index is 1200. The number of hydrogen-bond acceptors (Lipinski definition) is 5. The van der Waals surface area contributed by atoms with Crippen molar-refractivity contribution in [3.05, 3.63) is 36.5 Å². The lowest BCUT2D eigenvalue weighted by molar-refractivity contribution is -0.143. The zero-order valence-electron chi connectivity index (χ0n) is 49.8. The van der Waals surface area contributed by atoms with Crippen LogP contribution in [0.15, 0.2) is 36.5 Å². The van der Waals surface area contributed by atoms with E-state index >= 15 is 0 Å². The molecule has 0 aromatic rings. The van der Waals surface area contributed by atoms with Gasteiger partial charge in [-0.05, 0) is 64.2 Å². The molecule has 0 aliphatic rings. The molecule has 0 fully saturated rings. The average molecular weight is 1040 g/mol. The quantitative estimate of drug-likeness (QED) is 0.0320. The number of carbonyl (C=O) groups excluding carboxylic acids is 2. The Morgan fingerprint density at radius 2 is 0.676 bits per heavy atom. The van der Waals surface area contributed by atoms with Gasteiger partial charge in [0.25, 0.3) is 0 Å². The molecule has 436 valence electrons. The van der Waals surface area contributed by atoms with E-state index in [1.807, 2.05) is 6.08 Å². The van der Waals surface area contributed by atoms with Crippen LogP contribution in [0.2, 0.25) is 0 Å². The van der Waals surface area contributed by atoms with Gasteiger partial charge in [0, 0.05) is 12.8 Å². The van der Waals surface area contributed by atoms with E-state index in [1.54, 1.807) is 6.08 Å². The Morgan fingerprint density at radius 3 is 1.05 bits per heavy atom. The van der Waals surface area contributed by atoms with Gasteiger partial charge < -0.3 is 20.3 Å². The van der Waals surface area contributed by atoms with Gasteiger partial charge in [-0.2, -0.15) is 0 Å². The number of aliphatic hydroxyl groups is 2. The third-order valence-corrected chi connectivity index (χ3v) is 15.4. The maximum absolute atomic E-state index is 12.4. The SMILES string of the molecule is CCCCC/C=C\C/C=C\CCCCCCCC(=O)OCCCCCCCCCCCCCCCCCCCCCCCCCCCCCCCCC(=O)N[C@@H](CO)[C@H](O)/C=C/CCCCCCCCCCCC. The highest BCUT2D eigenvalue weighted by Crippen LogP contribution is 2.18. The number of carbonyl (C=O) groups is 2. The number of ether oxygens (including phenoxy) is 1. The van der Waals surface area contributed by atoms with Crippen molar-refractivity contribution in [3.8, 4) is 0 Å². The molecule has 3 N–H and O–H groups in total. The highest BCUT2D eigenvalue weighted by Gasteiger charge is 2.18. The van der Waals surface area contributed by atoms with Crippen LogP contribution in [0, 0.1) is 0 Å². The summed E-state index contributed by atoms with van der Waals surface area (Å²) in [5, 5.41) is 23.1. The zero-order chi connectivity index (χ0) is 53.6. The number of aliphatic hydroxyl groups excluding tert-OH is 2. The van der Waals surface area contributed by atoms with Crippen LogP contribution in [0.3, 0.4) is 0 Å². The normalized spacial score (nSPS) is 12.8. The smallest absolute Gasteiger partial charge is 0.305 e. The number of unbranched alkanes of at least 4 members (excludes halogenated alkanes) is 47. The van der Waals surface area contributed by atoms with E-state index in [9.17, 15) is 19.8 Å². The van der Waals surface area contributed by atoms with Crippen LogP contribution < -0.4 is 5.32 Å². The minimum Gasteiger partial charge on any atom is -0.466 e. The van der Waals surface area contributed by atoms with E-state index in [-0.39, 0.29) is 18.5 Å². The Kier molecular flexibility index (Phi) is 62.0. The first-order chi connectivity index (χ1) is 36.5. The lowest BCUT2D eigenvalue weighted by Crippen LogP contribution is -2.45. The average Bonchev–Trinajstić information content (AvgIpc) is 3.40. The van der Waals surface area contributed by atoms with Gasteiger partial charge in [0.2, 0.25) is 5.91 Å². The van der Waals surface area contributed by atoms with Crippen LogP contribution >= 0.6 is 0 Å². The maximum Gasteiger partial charge on any atom is 0.305 e. The molecule has 2 atom stereocenters. The van der Waals surface area contributed by atoms with Crippen molar-refractivity contribution in [2.24, 2.45) is 0 Å². The number of esters is 1. The van der Waals surface area contributed by atoms with Crippen molar-refractivity contribution >= 4 is 11.9 Å². The van der Waals surface area contributed by atoms with E-state index in [1.165, 1.54) is 283 Å². The molecular formula is C68H129NO5. The summed E-state index contributed by atoms with van der Waals surface area (Å²) >= 11 is 0. The van der Waals surface area contributed by atoms with Crippen LogP contribution in [-0.4, -0.2) is 47.4 Å². The van der Waals surface area contributed by atoms with E-state index in [0.717, 1.165) is 51.4 Å². The summed E-state index contributed by atoms with van der Waals surface area (Å²) in [6.45, 7) is 4.88. The monoisotopic (exact) mass is 1040 g/mol. The highest BCUT2D eigenvalue weighted by molar-refractivity contribution is 5.76. The molecule has 0 radical (unpaired) electrons. The second-order valence-electron chi connectivity index (χ2n) is 22.8. The predicted octanol–water partition coefficient (Wildman–Crippen LogP) is 21.1. The fourth-order valence-corrected chi connectivity index (χ4v) is 10.3. The molecular weight excluding hydrogens is 911 g/mol. The van der Waals surface area contributed by atoms with Gasteiger partial charge in [-0.1, -0.05) is 320 Å². The van der Waals surface area contributed by atoms with Gasteiger partial charge in [0.1, 0.15) is 0 Å². The van der Waals surface area contributed by atoms with Gasteiger partial charge in [-0.3, -0.25) is 9.59 Å². The minimum atomic E-state index is -0.840. The van der Waals surface area contributed by atoms with Crippen LogP contribution in [-0.2, 0) is 14.3 Å². The van der Waals surface area contributed by atoms with Gasteiger partial charge in [-0.25, -0.2) is 0 Å². The first-order valence-corrected chi connectivity index (χ1v) is 33.3. The van der Waals surface area contributed by atoms with Gasteiger partial charge in [0.05, 0.1) is 25.4 Å². The van der Waals surface area contributed by atoms with E-state index < -0.39 is 12.1 Å². The molecule has 0 spiro atoms. The second-order valence-corrected chi connectivity index (χ2v) is 22.8. The van der Waals surface area contributed by atoms with Crippen molar-refractivity contribution in [1.29, 1.82) is 0 Å². The lowest BCUT2D eigenvalue weighted by atomic mass is 10.0. The zero-order valence-corrected chi connectivity index (χ0v) is 49.8. The Labute approximate surface area is 462 Å². The van der Waals surface area contributed by atoms with Crippen molar-refractivity contribution < 1.29 is 24.5 Å². The number of allylic oxidation sites excluding steroid dienone is 5. The highest BCUT2D eigenvalue weighted by atomic mass is 16.5. The van der Waals surface area contributed by atoms with Crippen LogP contribution in [0.1, 0.15) is 361 Å². The topological polar surface area (TPSA) is 95.9 Å². The molecule has 1 amide bonds. The predicted molar refractivity (Wildman–Crippen MR) is 324 cm³/mol. The Balaban J connectivity index is 3.33. The Hall–Kier alpha value is -1.92. The van der Waals surface area contributed by atoms with E-state index in [2.05, 4.69) is 43.5 Å². The molecule has 0 aliphatic carbocycles. The van der Waals surface area contributed by atoms with Gasteiger partial charge >= 0.3 is 5.97 Å². The molecule has 6 heteroatoms. The summed E-state index contributed by atoms with van der Waals surface area (Å²) in [6.07, 6.45) is 80.7. The minimum absolute atomic E-state index is 0.00579. The largest absolute Gasteiger partial charge is 0.466 e. The Morgan fingerprint density at radius 1 is 0.378 bits per heavy atom. The van der Waals surface area contributed by atoms with E-state index in [0.29, 0.717) is 19.4 Å². The number of rotatable bonds is 62. The third kappa shape index (κ3) is 59.3. The van der Waals surface area contributed by atoms with Crippen molar-refractivity contribution in [3.63, 3.8) is 0 Å². The molecule has 0 aromatic carbocycles. The van der Waals surface area contributed by atoms with Crippen LogP contribution in [0.4, 0.5) is 0 Å². The lowest BCUT2D eigenvalue weighted by Gasteiger charge is -2.20. The summed E-state index contributed by atoms with van der Waals surface area (Å²) < 4.78 is 5.49. The molecule has 0 bridgehead atoms. The van der Waals surface area contributed by atoms with E-state index in [4.69, 9.17) is 4.74 Å². The number of nitrogens with one attached hydrogen (secondary N) is 1. The molecule has 0 rings (SSSR count). The summed E-state index contributed by atoms with van der Waals surface area (Å²) in [5.41, 5.74) is 0. The molecule has 0 aromatic heterocycles. The standard InChI is InChI=1S/C68H129NO5/c1-3-5-7-9-11-13-15-17-34-38-42-46-50-54-58-62-68(73)74-63-59-55-51-47-43-39-36-33-31-29-27-25-23-21-19-18-20-22-24-26-28-30-32-35-37-41-45-49-53-57-61-67(72)69-65(64-70)66(71)60-56-52-48-44-40-16-14-12-10-8-6-4-2/h11,13,17,34,56,60,65-66,70-71H,3-10,12,14-16,18-33,35-55,57-59,61-64H2,1-2H3,(H,69,72)/b13-11-,34-17-,60-56+/t65-,66+/m0/s1. The summed E-state index contributed by atoms with van der Waals surface area (Å²) in [5.74, 6) is -0.0580. The van der Waals surface area contributed by atoms with Gasteiger partial charge in [-0.15, -0.1) is 0 Å². The second kappa shape index (κ2) is 63.6.